The van der Waals surface area contributed by atoms with E-state index < -0.39 is 11.4 Å². The molecule has 4 heteroatoms. The molecule has 0 amide bonds. The van der Waals surface area contributed by atoms with Crippen LogP contribution in [0.2, 0.25) is 0 Å². The fourth-order valence-corrected chi connectivity index (χ4v) is 1.62. The van der Waals surface area contributed by atoms with Crippen molar-refractivity contribution in [2.45, 2.75) is 6.92 Å². The van der Waals surface area contributed by atoms with Crippen molar-refractivity contribution in [3.8, 4) is 23.1 Å². The first-order valence-corrected chi connectivity index (χ1v) is 5.05. The molecule has 4 nitrogen and oxygen atoms in total. The topological polar surface area (TPSA) is 76.9 Å². The predicted molar refractivity (Wildman–Crippen MR) is 63.6 cm³/mol. The van der Waals surface area contributed by atoms with Crippen molar-refractivity contribution in [3.05, 3.63) is 51.8 Å². The first kappa shape index (κ1) is 11.0. The molecule has 0 aliphatic rings. The lowest BCUT2D eigenvalue weighted by Gasteiger charge is -2.05. The van der Waals surface area contributed by atoms with Crippen LogP contribution in [0.3, 0.4) is 0 Å². The Bertz CT molecular complexity index is 649. The molecule has 84 valence electrons. The van der Waals surface area contributed by atoms with Gasteiger partial charge in [0, 0.05) is 11.6 Å². The summed E-state index contributed by atoms with van der Waals surface area (Å²) in [7, 11) is 0. The van der Waals surface area contributed by atoms with E-state index in [0.717, 1.165) is 11.1 Å². The van der Waals surface area contributed by atoms with Gasteiger partial charge in [0.2, 0.25) is 5.88 Å². The molecule has 0 fully saturated rings. The number of aromatic hydroxyl groups is 1. The lowest BCUT2D eigenvalue weighted by Crippen LogP contribution is -2.06. The smallest absolute Gasteiger partial charge is 0.251 e. The Labute approximate surface area is 97.8 Å². The molecule has 0 bridgehead atoms. The van der Waals surface area contributed by atoms with Gasteiger partial charge in [0.1, 0.15) is 11.6 Å². The number of nitrogens with zero attached hydrogens (tertiary/aromatic N) is 1. The molecule has 0 radical (unpaired) electrons. The van der Waals surface area contributed by atoms with Gasteiger partial charge in [-0.3, -0.25) is 9.78 Å². The number of aromatic amines is 1. The average molecular weight is 226 g/mol. The van der Waals surface area contributed by atoms with Crippen molar-refractivity contribution in [1.29, 1.82) is 5.26 Å². The Balaban J connectivity index is 2.71. The summed E-state index contributed by atoms with van der Waals surface area (Å²) in [5.74, 6) is -0.393. The molecule has 0 saturated carbocycles. The first-order chi connectivity index (χ1) is 8.11. The van der Waals surface area contributed by atoms with Crippen LogP contribution >= 0.6 is 0 Å². The SMILES string of the molecule is Cc1ccc(-c2cc(=O)[nH]c(O)c2C#N)cc1. The summed E-state index contributed by atoms with van der Waals surface area (Å²) in [6.45, 7) is 1.95. The van der Waals surface area contributed by atoms with E-state index in [9.17, 15) is 9.90 Å². The molecule has 0 spiro atoms. The van der Waals surface area contributed by atoms with Gasteiger partial charge in [0.25, 0.3) is 5.56 Å². The summed E-state index contributed by atoms with van der Waals surface area (Å²) in [6, 6.07) is 10.6. The van der Waals surface area contributed by atoms with Gasteiger partial charge in [-0.2, -0.15) is 5.26 Å². The van der Waals surface area contributed by atoms with Gasteiger partial charge in [0.05, 0.1) is 0 Å². The summed E-state index contributed by atoms with van der Waals surface area (Å²) in [5, 5.41) is 18.5. The third kappa shape index (κ3) is 2.04. The molecule has 17 heavy (non-hydrogen) atoms. The Morgan fingerprint density at radius 3 is 2.53 bits per heavy atom. The van der Waals surface area contributed by atoms with Gasteiger partial charge in [-0.25, -0.2) is 0 Å². The Morgan fingerprint density at radius 1 is 1.29 bits per heavy atom. The molecule has 2 N–H and O–H groups in total. The summed E-state index contributed by atoms with van der Waals surface area (Å²) in [5.41, 5.74) is 1.90. The highest BCUT2D eigenvalue weighted by Gasteiger charge is 2.11. The van der Waals surface area contributed by atoms with Crippen molar-refractivity contribution in [2.75, 3.05) is 0 Å². The average Bonchev–Trinajstić information content (AvgIpc) is 2.29. The van der Waals surface area contributed by atoms with Crippen LogP contribution < -0.4 is 5.56 Å². The fraction of sp³-hybridized carbons (Fsp3) is 0.0769. The van der Waals surface area contributed by atoms with Crippen LogP contribution in [0.4, 0.5) is 0 Å². The number of pyridine rings is 1. The van der Waals surface area contributed by atoms with Crippen LogP contribution in [-0.2, 0) is 0 Å². The predicted octanol–water partition coefficient (Wildman–Crippen LogP) is 1.93. The maximum absolute atomic E-state index is 11.3. The fourth-order valence-electron chi connectivity index (χ4n) is 1.62. The second-order valence-electron chi connectivity index (χ2n) is 3.75. The number of hydrogen-bond acceptors (Lipinski definition) is 3. The largest absolute Gasteiger partial charge is 0.494 e. The minimum Gasteiger partial charge on any atom is -0.494 e. The van der Waals surface area contributed by atoms with E-state index >= 15 is 0 Å². The highest BCUT2D eigenvalue weighted by molar-refractivity contribution is 5.72. The van der Waals surface area contributed by atoms with Crippen LogP contribution in [0.15, 0.2) is 35.1 Å². The van der Waals surface area contributed by atoms with E-state index in [-0.39, 0.29) is 5.56 Å². The number of hydrogen-bond donors (Lipinski definition) is 2. The summed E-state index contributed by atoms with van der Waals surface area (Å²) in [4.78, 5) is 13.5. The summed E-state index contributed by atoms with van der Waals surface area (Å²) in [6.07, 6.45) is 0. The van der Waals surface area contributed by atoms with Crippen LogP contribution in [-0.4, -0.2) is 10.1 Å². The van der Waals surface area contributed by atoms with Crippen LogP contribution in [0, 0.1) is 18.3 Å². The number of nitriles is 1. The third-order valence-electron chi connectivity index (χ3n) is 2.50. The molecule has 2 rings (SSSR count). The van der Waals surface area contributed by atoms with Crippen LogP contribution in [0.25, 0.3) is 11.1 Å². The van der Waals surface area contributed by atoms with E-state index in [0.29, 0.717) is 5.56 Å². The molecular weight excluding hydrogens is 216 g/mol. The molecular formula is C13H10N2O2. The lowest BCUT2D eigenvalue weighted by atomic mass is 10.0. The second-order valence-corrected chi connectivity index (χ2v) is 3.75. The van der Waals surface area contributed by atoms with Gasteiger partial charge in [-0.15, -0.1) is 0 Å². The quantitative estimate of drug-likeness (QED) is 0.779. The minimum atomic E-state index is -0.433. The van der Waals surface area contributed by atoms with Gasteiger partial charge < -0.3 is 5.11 Å². The van der Waals surface area contributed by atoms with Crippen LogP contribution in [0.1, 0.15) is 11.1 Å². The molecule has 0 aliphatic heterocycles. The van der Waals surface area contributed by atoms with Crippen LogP contribution in [0.5, 0.6) is 5.88 Å². The standard InChI is InChI=1S/C13H10N2O2/c1-8-2-4-9(5-3-8)10-6-12(16)15-13(17)11(10)7-14/h2-6H,1H3,(H2,15,16,17). The first-order valence-electron chi connectivity index (χ1n) is 5.05. The number of H-pyrrole nitrogens is 1. The number of aromatic nitrogens is 1. The second kappa shape index (κ2) is 4.14. The third-order valence-corrected chi connectivity index (χ3v) is 2.50. The maximum atomic E-state index is 11.3. The monoisotopic (exact) mass is 226 g/mol. The highest BCUT2D eigenvalue weighted by Crippen LogP contribution is 2.26. The molecule has 2 aromatic rings. The van der Waals surface area contributed by atoms with E-state index in [1.165, 1.54) is 6.07 Å². The van der Waals surface area contributed by atoms with Crippen molar-refractivity contribution < 1.29 is 5.11 Å². The molecule has 0 saturated heterocycles. The zero-order valence-corrected chi connectivity index (χ0v) is 9.19. The van der Waals surface area contributed by atoms with Gasteiger partial charge in [-0.05, 0) is 12.5 Å². The summed E-state index contributed by atoms with van der Waals surface area (Å²) >= 11 is 0. The van der Waals surface area contributed by atoms with E-state index in [1.54, 1.807) is 0 Å². The number of nitrogens with one attached hydrogen (secondary N) is 1. The molecule has 0 atom stereocenters. The molecule has 1 aromatic heterocycles. The molecule has 1 heterocycles. The highest BCUT2D eigenvalue weighted by atomic mass is 16.3. The van der Waals surface area contributed by atoms with Crippen molar-refractivity contribution in [3.63, 3.8) is 0 Å². The normalized spacial score (nSPS) is 9.88. The number of benzene rings is 1. The van der Waals surface area contributed by atoms with Crippen molar-refractivity contribution in [2.24, 2.45) is 0 Å². The Kier molecular flexibility index (Phi) is 2.67. The van der Waals surface area contributed by atoms with E-state index in [4.69, 9.17) is 5.26 Å². The Morgan fingerprint density at radius 2 is 1.94 bits per heavy atom. The zero-order chi connectivity index (χ0) is 12.4. The molecule has 0 aliphatic carbocycles. The van der Waals surface area contributed by atoms with Gasteiger partial charge in [0.15, 0.2) is 0 Å². The van der Waals surface area contributed by atoms with E-state index in [2.05, 4.69) is 4.98 Å². The minimum absolute atomic E-state index is 0.0773. The summed E-state index contributed by atoms with van der Waals surface area (Å²) < 4.78 is 0. The number of rotatable bonds is 1. The van der Waals surface area contributed by atoms with E-state index in [1.807, 2.05) is 37.3 Å². The molecule has 0 unspecified atom stereocenters. The zero-order valence-electron chi connectivity index (χ0n) is 9.19. The number of aryl methyl sites for hydroxylation is 1. The van der Waals surface area contributed by atoms with Crippen molar-refractivity contribution in [1.82, 2.24) is 4.98 Å². The maximum Gasteiger partial charge on any atom is 0.251 e. The molecule has 1 aromatic carbocycles. The van der Waals surface area contributed by atoms with Gasteiger partial charge in [-0.1, -0.05) is 29.8 Å². The van der Waals surface area contributed by atoms with Gasteiger partial charge >= 0.3 is 0 Å². The lowest BCUT2D eigenvalue weighted by molar-refractivity contribution is 0.450. The Hall–Kier alpha value is -2.54. The van der Waals surface area contributed by atoms with Crippen molar-refractivity contribution >= 4 is 0 Å².